The van der Waals surface area contributed by atoms with E-state index in [1.165, 1.54) is 6.92 Å². The Morgan fingerprint density at radius 2 is 1.96 bits per heavy atom. The number of ether oxygens (including phenoxy) is 1. The molecule has 1 amide bonds. The minimum atomic E-state index is -0.677. The average molecular weight is 355 g/mol. The summed E-state index contributed by atoms with van der Waals surface area (Å²) in [6.07, 6.45) is 4.36. The van der Waals surface area contributed by atoms with E-state index in [9.17, 15) is 19.7 Å². The van der Waals surface area contributed by atoms with Gasteiger partial charge in [-0.1, -0.05) is 18.2 Å². The fraction of sp³-hybridized carbons (Fsp3) is 0.167. The van der Waals surface area contributed by atoms with Crippen molar-refractivity contribution in [2.24, 2.45) is 0 Å². The molecule has 0 fully saturated rings. The van der Waals surface area contributed by atoms with Crippen LogP contribution in [-0.4, -0.2) is 28.4 Å². The SMILES string of the molecule is CCOC(=O)c1cc([N+](=O)[O-])cnc1/C=C/c1ccc(NC(C)=O)cc1. The van der Waals surface area contributed by atoms with Gasteiger partial charge in [0.2, 0.25) is 5.91 Å². The molecule has 8 heteroatoms. The Balaban J connectivity index is 2.29. The smallest absolute Gasteiger partial charge is 0.340 e. The van der Waals surface area contributed by atoms with Crippen molar-refractivity contribution in [2.75, 3.05) is 11.9 Å². The maximum Gasteiger partial charge on any atom is 0.340 e. The van der Waals surface area contributed by atoms with E-state index in [2.05, 4.69) is 10.3 Å². The monoisotopic (exact) mass is 355 g/mol. The third kappa shape index (κ3) is 4.97. The van der Waals surface area contributed by atoms with E-state index in [1.807, 2.05) is 0 Å². The highest BCUT2D eigenvalue weighted by atomic mass is 16.6. The lowest BCUT2D eigenvalue weighted by molar-refractivity contribution is -0.385. The molecule has 8 nitrogen and oxygen atoms in total. The Morgan fingerprint density at radius 1 is 1.27 bits per heavy atom. The number of carbonyl (C=O) groups excluding carboxylic acids is 2. The molecule has 134 valence electrons. The summed E-state index contributed by atoms with van der Waals surface area (Å²) in [7, 11) is 0. The highest BCUT2D eigenvalue weighted by Crippen LogP contribution is 2.19. The second-order valence-electron chi connectivity index (χ2n) is 5.24. The number of amides is 1. The van der Waals surface area contributed by atoms with E-state index in [-0.39, 0.29) is 29.5 Å². The van der Waals surface area contributed by atoms with Crippen molar-refractivity contribution in [1.29, 1.82) is 0 Å². The first-order valence-corrected chi connectivity index (χ1v) is 7.78. The average Bonchev–Trinajstić information content (AvgIpc) is 2.60. The number of esters is 1. The van der Waals surface area contributed by atoms with Gasteiger partial charge < -0.3 is 10.1 Å². The summed E-state index contributed by atoms with van der Waals surface area (Å²) < 4.78 is 4.93. The largest absolute Gasteiger partial charge is 0.462 e. The number of hydrogen-bond donors (Lipinski definition) is 1. The number of nitrogens with one attached hydrogen (secondary N) is 1. The molecule has 0 bridgehead atoms. The molecule has 0 saturated heterocycles. The van der Waals surface area contributed by atoms with E-state index >= 15 is 0 Å². The van der Waals surface area contributed by atoms with Crippen LogP contribution in [0.3, 0.4) is 0 Å². The van der Waals surface area contributed by atoms with Crippen molar-refractivity contribution in [3.05, 3.63) is 63.5 Å². The number of benzene rings is 1. The first-order valence-electron chi connectivity index (χ1n) is 7.78. The van der Waals surface area contributed by atoms with Gasteiger partial charge in [0, 0.05) is 18.7 Å². The van der Waals surface area contributed by atoms with Crippen LogP contribution in [0.5, 0.6) is 0 Å². The van der Waals surface area contributed by atoms with Crippen molar-refractivity contribution in [1.82, 2.24) is 4.98 Å². The van der Waals surface area contributed by atoms with Crippen LogP contribution in [0.4, 0.5) is 11.4 Å². The zero-order valence-electron chi connectivity index (χ0n) is 14.3. The van der Waals surface area contributed by atoms with Gasteiger partial charge in [0.1, 0.15) is 6.20 Å². The fourth-order valence-electron chi connectivity index (χ4n) is 2.13. The van der Waals surface area contributed by atoms with E-state index in [0.717, 1.165) is 17.8 Å². The predicted octanol–water partition coefficient (Wildman–Crippen LogP) is 3.30. The van der Waals surface area contributed by atoms with Crippen LogP contribution in [0, 0.1) is 10.1 Å². The van der Waals surface area contributed by atoms with Crippen LogP contribution in [-0.2, 0) is 9.53 Å². The second-order valence-corrected chi connectivity index (χ2v) is 5.24. The number of rotatable bonds is 6. The zero-order chi connectivity index (χ0) is 19.1. The van der Waals surface area contributed by atoms with Crippen LogP contribution in [0.2, 0.25) is 0 Å². The van der Waals surface area contributed by atoms with Crippen molar-refractivity contribution in [3.8, 4) is 0 Å². The molecule has 1 aromatic heterocycles. The maximum absolute atomic E-state index is 12.0. The van der Waals surface area contributed by atoms with Crippen molar-refractivity contribution < 1.29 is 19.2 Å². The Labute approximate surface area is 149 Å². The molecule has 0 unspecified atom stereocenters. The van der Waals surface area contributed by atoms with Gasteiger partial charge in [0.15, 0.2) is 0 Å². The fourth-order valence-corrected chi connectivity index (χ4v) is 2.13. The van der Waals surface area contributed by atoms with Crippen LogP contribution < -0.4 is 5.32 Å². The third-order valence-electron chi connectivity index (χ3n) is 3.27. The first-order chi connectivity index (χ1) is 12.4. The summed E-state index contributed by atoms with van der Waals surface area (Å²) in [4.78, 5) is 37.3. The highest BCUT2D eigenvalue weighted by molar-refractivity contribution is 5.94. The summed E-state index contributed by atoms with van der Waals surface area (Å²) in [5, 5.41) is 13.6. The summed E-state index contributed by atoms with van der Waals surface area (Å²) in [6.45, 7) is 3.22. The normalized spacial score (nSPS) is 10.5. The van der Waals surface area contributed by atoms with Gasteiger partial charge in [-0.25, -0.2) is 9.78 Å². The molecule has 0 aliphatic carbocycles. The lowest BCUT2D eigenvalue weighted by Gasteiger charge is -2.05. The van der Waals surface area contributed by atoms with Gasteiger partial charge in [-0.2, -0.15) is 0 Å². The van der Waals surface area contributed by atoms with Gasteiger partial charge in [0.05, 0.1) is 22.8 Å². The molecule has 0 atom stereocenters. The summed E-state index contributed by atoms with van der Waals surface area (Å²) >= 11 is 0. The lowest BCUT2D eigenvalue weighted by atomic mass is 10.1. The molecule has 1 aromatic carbocycles. The molecule has 1 N–H and O–H groups in total. The third-order valence-corrected chi connectivity index (χ3v) is 3.27. The van der Waals surface area contributed by atoms with E-state index < -0.39 is 10.9 Å². The number of carbonyl (C=O) groups is 2. The minimum absolute atomic E-state index is 0.0205. The molecule has 0 aliphatic heterocycles. The van der Waals surface area contributed by atoms with Crippen molar-refractivity contribution in [3.63, 3.8) is 0 Å². The van der Waals surface area contributed by atoms with Crippen LogP contribution in [0.25, 0.3) is 12.2 Å². The Morgan fingerprint density at radius 3 is 2.54 bits per heavy atom. The quantitative estimate of drug-likeness (QED) is 0.483. The van der Waals surface area contributed by atoms with E-state index in [1.54, 1.807) is 43.3 Å². The topological polar surface area (TPSA) is 111 Å². The molecular formula is C18H17N3O5. The maximum atomic E-state index is 12.0. The van der Waals surface area contributed by atoms with Gasteiger partial charge in [-0.05, 0) is 30.7 Å². The number of anilines is 1. The number of pyridine rings is 1. The first kappa shape index (κ1) is 18.8. The number of aromatic nitrogens is 1. The van der Waals surface area contributed by atoms with Crippen LogP contribution >= 0.6 is 0 Å². The summed E-state index contributed by atoms with van der Waals surface area (Å²) in [5.41, 5.74) is 1.46. The summed E-state index contributed by atoms with van der Waals surface area (Å²) in [5.74, 6) is -0.841. The standard InChI is InChI=1S/C18H17N3O5/c1-3-26-18(23)16-10-15(21(24)25)11-19-17(16)9-6-13-4-7-14(8-5-13)20-12(2)22/h4-11H,3H2,1-2H3,(H,20,22)/b9-6+. The molecule has 2 aromatic rings. The predicted molar refractivity (Wildman–Crippen MR) is 96.5 cm³/mol. The zero-order valence-corrected chi connectivity index (χ0v) is 14.3. The molecular weight excluding hydrogens is 338 g/mol. The Kier molecular flexibility index (Phi) is 6.15. The van der Waals surface area contributed by atoms with Gasteiger partial charge in [0.25, 0.3) is 5.69 Å². The van der Waals surface area contributed by atoms with Crippen molar-refractivity contribution in [2.45, 2.75) is 13.8 Å². The number of hydrogen-bond acceptors (Lipinski definition) is 6. The second kappa shape index (κ2) is 8.52. The van der Waals surface area contributed by atoms with E-state index in [4.69, 9.17) is 4.74 Å². The number of nitrogens with zero attached hydrogens (tertiary/aromatic N) is 2. The summed E-state index contributed by atoms with van der Waals surface area (Å²) in [6, 6.07) is 8.16. The highest BCUT2D eigenvalue weighted by Gasteiger charge is 2.17. The van der Waals surface area contributed by atoms with Crippen LogP contribution in [0.15, 0.2) is 36.5 Å². The molecule has 0 saturated carbocycles. The molecule has 2 rings (SSSR count). The lowest BCUT2D eigenvalue weighted by Crippen LogP contribution is -2.08. The Bertz CT molecular complexity index is 860. The number of nitro groups is 1. The minimum Gasteiger partial charge on any atom is -0.462 e. The van der Waals surface area contributed by atoms with Gasteiger partial charge in [-0.3, -0.25) is 14.9 Å². The molecule has 0 aliphatic rings. The molecule has 1 heterocycles. The molecule has 0 spiro atoms. The molecule has 26 heavy (non-hydrogen) atoms. The van der Waals surface area contributed by atoms with Crippen LogP contribution in [0.1, 0.15) is 35.5 Å². The van der Waals surface area contributed by atoms with Crippen molar-refractivity contribution >= 4 is 35.4 Å². The Hall–Kier alpha value is -3.55. The van der Waals surface area contributed by atoms with Gasteiger partial charge >= 0.3 is 5.97 Å². The van der Waals surface area contributed by atoms with E-state index in [0.29, 0.717) is 5.69 Å². The molecule has 0 radical (unpaired) electrons. The van der Waals surface area contributed by atoms with Gasteiger partial charge in [-0.15, -0.1) is 0 Å².